The quantitative estimate of drug-likeness (QED) is 0.0227. The van der Waals surface area contributed by atoms with Crippen molar-refractivity contribution >= 4 is 76.6 Å². The van der Waals surface area contributed by atoms with Crippen LogP contribution in [0.5, 0.6) is 5.75 Å². The van der Waals surface area contributed by atoms with E-state index in [0.29, 0.717) is 60.0 Å². The molecule has 0 radical (unpaired) electrons. The number of aliphatic hydroxyl groups is 2. The van der Waals surface area contributed by atoms with Gasteiger partial charge in [-0.25, -0.2) is 24.3 Å². The molecule has 2 aromatic heterocycles. The van der Waals surface area contributed by atoms with Crippen LogP contribution >= 0.6 is 20.0 Å². The van der Waals surface area contributed by atoms with Crippen LogP contribution in [0.25, 0.3) is 44.6 Å². The fourth-order valence-corrected chi connectivity index (χ4v) is 8.94. The third-order valence-electron chi connectivity index (χ3n) is 10.7. The number of fused-ring (bicyclic) bond motifs is 3. The number of phenolic OH excluding ortho intramolecular Hbond substituents is 1. The van der Waals surface area contributed by atoms with Crippen LogP contribution in [0.3, 0.4) is 0 Å². The summed E-state index contributed by atoms with van der Waals surface area (Å²) in [4.78, 5) is 60.8. The molecular weight excluding hydrogens is 918 g/mol. The number of nitrogen functional groups attached to an aromatic ring is 1. The van der Waals surface area contributed by atoms with Crippen LogP contribution < -0.4 is 32.6 Å². The number of phenols is 1. The number of aliphatic carboxylic acids is 1. The van der Waals surface area contributed by atoms with E-state index in [1.807, 2.05) is 0 Å². The third kappa shape index (κ3) is 11.3. The number of anilines is 2. The topological polar surface area (TPSA) is 359 Å². The monoisotopic (exact) mass is 963 g/mol. The number of benzene rings is 3. The average Bonchev–Trinajstić information content (AvgIpc) is 3.84. The molecule has 2 aromatic carbocycles. The van der Waals surface area contributed by atoms with Gasteiger partial charge in [0.15, 0.2) is 28.2 Å². The number of rotatable bonds is 20. The van der Waals surface area contributed by atoms with Crippen molar-refractivity contribution in [1.29, 1.82) is 0 Å². The highest BCUT2D eigenvalue weighted by atomic mass is 32.1. The van der Waals surface area contributed by atoms with Crippen LogP contribution in [0.4, 0.5) is 11.5 Å². The summed E-state index contributed by atoms with van der Waals surface area (Å²) >= 11 is 5.47. The highest BCUT2D eigenvalue weighted by Gasteiger charge is 2.46. The number of carbonyl (C=O) groups excluding carboxylic acids is 1. The number of unbranched alkanes of at least 4 members (excludes halogenated alkanes) is 3. The van der Waals surface area contributed by atoms with Crippen molar-refractivity contribution in [2.24, 2.45) is 5.73 Å². The maximum Gasteiger partial charge on any atom is 0.435 e. The first kappa shape index (κ1) is 48.3. The SMILES string of the molecule is Nc1ncnc2c1ncn2[C@@H]1O[C@H](COP(=O)(NC(=O)[C@@H](N)CCC(=O)O)OCCCCCCNC(=S)Nc2ccc(-c3c4ccc(=O)cc-4oc4cc(O)ccc34)c(C(=O)O)c2)[C@@H](O)[C@H]1O. The number of nitrogens with zero attached hydrogens (tertiary/aromatic N) is 4. The predicted octanol–water partition coefficient (Wildman–Crippen LogP) is 3.31. The molecule has 3 aliphatic rings. The van der Waals surface area contributed by atoms with E-state index >= 15 is 0 Å². The molecule has 6 atom stereocenters. The van der Waals surface area contributed by atoms with Gasteiger partial charge < -0.3 is 56.8 Å². The molecule has 25 heteroatoms. The predicted molar refractivity (Wildman–Crippen MR) is 244 cm³/mol. The molecule has 67 heavy (non-hydrogen) atoms. The maximum absolute atomic E-state index is 13.9. The standard InChI is InChI=1S/C42H46N9O14PS/c43-28(11-12-32(54)55)39(58)50-66(61,63-18-31-35(56)36(57)40(65-31)51-20-48-34-37(44)46-19-47-38(34)51)62-14-4-2-1-3-13-45-42(67)49-21-5-8-24(27(15-21)41(59)60)33-25-9-6-22(52)16-29(25)64-30-17-23(53)7-10-26(30)33/h5-10,15-17,19-20,28,31,35-36,40,52,56-57H,1-4,11-14,18,43H2,(H,54,55)(H,59,60)(H2,44,46,47)(H2,45,49,67)(H,50,58,61)/t28-,31+,35+,36+,40+,66?/m0/s1. The van der Waals surface area contributed by atoms with Gasteiger partial charge in [-0.2, -0.15) is 0 Å². The van der Waals surface area contributed by atoms with E-state index in [1.54, 1.807) is 24.3 Å². The largest absolute Gasteiger partial charge is 0.508 e. The van der Waals surface area contributed by atoms with Crippen LogP contribution in [0.15, 0.2) is 76.5 Å². The number of aromatic hydroxyl groups is 1. The molecule has 1 saturated heterocycles. The molecule has 7 rings (SSSR count). The summed E-state index contributed by atoms with van der Waals surface area (Å²) in [5, 5.41) is 60.0. The molecule has 4 aromatic rings. The van der Waals surface area contributed by atoms with Gasteiger partial charge in [-0.3, -0.25) is 33.1 Å². The van der Waals surface area contributed by atoms with Crippen LogP contribution in [-0.2, 0) is 27.9 Å². The van der Waals surface area contributed by atoms with E-state index in [9.17, 15) is 44.2 Å². The molecule has 1 aliphatic carbocycles. The lowest BCUT2D eigenvalue weighted by molar-refractivity contribution is -0.137. The molecular formula is C42H46N9O14PS. The Morgan fingerprint density at radius 3 is 2.51 bits per heavy atom. The number of hydrogen-bond acceptors (Lipinski definition) is 18. The van der Waals surface area contributed by atoms with Gasteiger partial charge in [0.05, 0.1) is 31.1 Å². The zero-order valence-corrected chi connectivity index (χ0v) is 37.0. The zero-order valence-electron chi connectivity index (χ0n) is 35.3. The van der Waals surface area contributed by atoms with E-state index in [4.69, 9.17) is 47.0 Å². The fraction of sp³-hybridized carbons (Fsp3) is 0.333. The number of thiocarbonyl (C=S) groups is 1. The molecule has 4 heterocycles. The lowest BCUT2D eigenvalue weighted by Crippen LogP contribution is -2.40. The Labute approximate surface area is 385 Å². The van der Waals surface area contributed by atoms with Crippen molar-refractivity contribution in [3.8, 4) is 28.2 Å². The van der Waals surface area contributed by atoms with E-state index < -0.39 is 69.2 Å². The number of aromatic nitrogens is 4. The van der Waals surface area contributed by atoms with Gasteiger partial charge in [0, 0.05) is 47.3 Å². The average molecular weight is 964 g/mol. The Morgan fingerprint density at radius 1 is 0.955 bits per heavy atom. The van der Waals surface area contributed by atoms with Gasteiger partial charge in [0.1, 0.15) is 47.2 Å². The van der Waals surface area contributed by atoms with Gasteiger partial charge in [0.25, 0.3) is 0 Å². The lowest BCUT2D eigenvalue weighted by Gasteiger charge is -2.23. The first-order valence-corrected chi connectivity index (χ1v) is 22.7. The van der Waals surface area contributed by atoms with E-state index in [-0.39, 0.29) is 63.2 Å². The molecule has 354 valence electrons. The number of imidazole rings is 1. The number of carboxylic acid groups (broad SMARTS) is 2. The highest BCUT2D eigenvalue weighted by Crippen LogP contribution is 2.46. The number of nitrogens with two attached hydrogens (primary N) is 2. The van der Waals surface area contributed by atoms with Crippen molar-refractivity contribution in [2.75, 3.05) is 30.8 Å². The molecule has 2 aliphatic heterocycles. The minimum absolute atomic E-state index is 0.0582. The lowest BCUT2D eigenvalue weighted by atomic mass is 9.90. The fourth-order valence-electron chi connectivity index (χ4n) is 7.36. The van der Waals surface area contributed by atoms with E-state index in [1.165, 1.54) is 47.6 Å². The molecule has 0 bridgehead atoms. The Kier molecular flexibility index (Phi) is 15.1. The molecule has 1 fully saturated rings. The van der Waals surface area contributed by atoms with Crippen molar-refractivity contribution in [3.05, 3.63) is 83.0 Å². The van der Waals surface area contributed by atoms with Gasteiger partial charge in [0.2, 0.25) is 5.91 Å². The number of nitrogens with one attached hydrogen (secondary N) is 3. The summed E-state index contributed by atoms with van der Waals surface area (Å²) in [6.45, 7) is -0.367. The smallest absolute Gasteiger partial charge is 0.435 e. The molecule has 23 nitrogen and oxygen atoms in total. The molecule has 12 N–H and O–H groups in total. The summed E-state index contributed by atoms with van der Waals surface area (Å²) in [7, 11) is -4.52. The molecule has 0 spiro atoms. The third-order valence-corrected chi connectivity index (χ3v) is 12.5. The maximum atomic E-state index is 13.9. The number of hydrogen-bond donors (Lipinski definition) is 10. The Morgan fingerprint density at radius 2 is 1.73 bits per heavy atom. The molecule has 1 unspecified atom stereocenters. The second kappa shape index (κ2) is 20.9. The Hall–Kier alpha value is -6.63. The number of carboxylic acids is 2. The van der Waals surface area contributed by atoms with Gasteiger partial charge >= 0.3 is 19.7 Å². The van der Waals surface area contributed by atoms with E-state index in [2.05, 4.69) is 30.7 Å². The Bertz CT molecular complexity index is 2900. The second-order valence-electron chi connectivity index (χ2n) is 15.4. The second-order valence-corrected chi connectivity index (χ2v) is 17.6. The summed E-state index contributed by atoms with van der Waals surface area (Å²) in [6, 6.07) is 12.0. The number of aliphatic hydroxyl groups excluding tert-OH is 2. The van der Waals surface area contributed by atoms with Crippen LogP contribution in [0.1, 0.15) is 55.1 Å². The number of aromatic carboxylic acids is 1. The number of ether oxygens (including phenoxy) is 1. The summed E-state index contributed by atoms with van der Waals surface area (Å²) in [5.74, 6) is -3.18. The normalized spacial score (nSPS) is 18.4. The van der Waals surface area contributed by atoms with Crippen molar-refractivity contribution in [1.82, 2.24) is 29.9 Å². The summed E-state index contributed by atoms with van der Waals surface area (Å²) < 4.78 is 38.1. The van der Waals surface area contributed by atoms with Crippen molar-refractivity contribution in [3.63, 3.8) is 0 Å². The zero-order chi connectivity index (χ0) is 48.0. The van der Waals surface area contributed by atoms with Gasteiger partial charge in [-0.15, -0.1) is 0 Å². The highest BCUT2D eigenvalue weighted by molar-refractivity contribution is 7.80. The minimum Gasteiger partial charge on any atom is -0.508 e. The van der Waals surface area contributed by atoms with Crippen molar-refractivity contribution in [2.45, 2.75) is 69.1 Å². The molecule has 0 saturated carbocycles. The number of amides is 1. The molecule has 1 amide bonds. The first-order chi connectivity index (χ1) is 32.0. The summed E-state index contributed by atoms with van der Waals surface area (Å²) in [6.07, 6.45) is -1.62. The van der Waals surface area contributed by atoms with Gasteiger partial charge in [-0.1, -0.05) is 18.9 Å². The minimum atomic E-state index is -4.52. The number of carbonyl (C=O) groups is 3. The Balaban J connectivity index is 0.909. The van der Waals surface area contributed by atoms with Crippen molar-refractivity contribution < 1.29 is 62.7 Å². The first-order valence-electron chi connectivity index (χ1n) is 20.8. The van der Waals surface area contributed by atoms with Crippen LogP contribution in [-0.4, -0.2) is 112 Å². The van der Waals surface area contributed by atoms with Crippen LogP contribution in [0.2, 0.25) is 0 Å². The summed E-state index contributed by atoms with van der Waals surface area (Å²) in [5.41, 5.74) is 13.8. The van der Waals surface area contributed by atoms with E-state index in [0.717, 1.165) is 0 Å². The van der Waals surface area contributed by atoms with Crippen LogP contribution in [0, 0.1) is 0 Å². The van der Waals surface area contributed by atoms with Gasteiger partial charge in [-0.05, 0) is 73.4 Å².